The van der Waals surface area contributed by atoms with Gasteiger partial charge in [-0.2, -0.15) is 0 Å². The minimum Gasteiger partial charge on any atom is -0.399 e. The lowest BCUT2D eigenvalue weighted by Crippen LogP contribution is -1.94. The Morgan fingerprint density at radius 3 is 2.23 bits per heavy atom. The van der Waals surface area contributed by atoms with Gasteiger partial charge in [0.05, 0.1) is 6.16 Å². The van der Waals surface area contributed by atoms with Crippen molar-refractivity contribution in [3.8, 4) is 0 Å². The molecule has 1 aromatic carbocycles. The summed E-state index contributed by atoms with van der Waals surface area (Å²) < 4.78 is 10.5. The van der Waals surface area contributed by atoms with Crippen LogP contribution in [0, 0.1) is 0 Å². The van der Waals surface area contributed by atoms with E-state index >= 15 is 0 Å². The monoisotopic (exact) mass is 201 g/mol. The predicted octanol–water partition coefficient (Wildman–Crippen LogP) is 0.989. The lowest BCUT2D eigenvalue weighted by molar-refractivity contribution is 0.373. The molecule has 0 aliphatic heterocycles. The lowest BCUT2D eigenvalue weighted by Gasteiger charge is -2.03. The van der Waals surface area contributed by atoms with Crippen LogP contribution < -0.4 is 5.73 Å². The van der Waals surface area contributed by atoms with Gasteiger partial charge in [-0.25, -0.2) is 0 Å². The van der Waals surface area contributed by atoms with Crippen molar-refractivity contribution in [1.29, 1.82) is 0 Å². The van der Waals surface area contributed by atoms with Crippen LogP contribution in [-0.4, -0.2) is 15.9 Å². The van der Waals surface area contributed by atoms with E-state index in [2.05, 4.69) is 0 Å². The highest BCUT2D eigenvalue weighted by atomic mass is 31.2. The summed E-state index contributed by atoms with van der Waals surface area (Å²) >= 11 is 0. The molecule has 0 unspecified atom stereocenters. The van der Waals surface area contributed by atoms with Gasteiger partial charge in [-0.3, -0.25) is 4.57 Å². The van der Waals surface area contributed by atoms with E-state index in [-0.39, 0.29) is 6.16 Å². The molecule has 0 bridgehead atoms. The van der Waals surface area contributed by atoms with Gasteiger partial charge < -0.3 is 15.5 Å². The van der Waals surface area contributed by atoms with Crippen LogP contribution >= 0.6 is 7.60 Å². The Labute approximate surface area is 76.6 Å². The highest BCUT2D eigenvalue weighted by Gasteiger charge is 2.11. The first kappa shape index (κ1) is 10.3. The first-order valence-corrected chi connectivity index (χ1v) is 5.66. The van der Waals surface area contributed by atoms with Crippen molar-refractivity contribution in [3.63, 3.8) is 0 Å². The Kier molecular flexibility index (Phi) is 3.09. The summed E-state index contributed by atoms with van der Waals surface area (Å²) in [5.41, 5.74) is 6.99. The van der Waals surface area contributed by atoms with Crippen molar-refractivity contribution < 1.29 is 14.4 Å². The van der Waals surface area contributed by atoms with Gasteiger partial charge in [0.2, 0.25) is 0 Å². The Balaban J connectivity index is 2.56. The van der Waals surface area contributed by atoms with Crippen molar-refractivity contribution in [2.75, 3.05) is 11.9 Å². The summed E-state index contributed by atoms with van der Waals surface area (Å²) in [7, 11) is -3.87. The minimum absolute atomic E-state index is 0.114. The number of aryl methyl sites for hydroxylation is 1. The molecule has 0 aliphatic carbocycles. The highest BCUT2D eigenvalue weighted by Crippen LogP contribution is 2.34. The predicted molar refractivity (Wildman–Crippen MR) is 51.5 cm³/mol. The van der Waals surface area contributed by atoms with Crippen LogP contribution in [0.1, 0.15) is 5.56 Å². The average molecular weight is 201 g/mol. The molecule has 0 atom stereocenters. The number of hydrogen-bond acceptors (Lipinski definition) is 2. The third kappa shape index (κ3) is 4.08. The molecule has 4 N–H and O–H groups in total. The van der Waals surface area contributed by atoms with Gasteiger partial charge >= 0.3 is 7.60 Å². The fraction of sp³-hybridized carbons (Fsp3) is 0.250. The molecule has 0 spiro atoms. The first-order valence-electron chi connectivity index (χ1n) is 3.86. The Hall–Kier alpha value is -0.830. The van der Waals surface area contributed by atoms with Gasteiger partial charge in [-0.05, 0) is 24.1 Å². The van der Waals surface area contributed by atoms with E-state index in [9.17, 15) is 4.57 Å². The molecule has 1 aromatic rings. The fourth-order valence-corrected chi connectivity index (χ4v) is 1.51. The topological polar surface area (TPSA) is 83.6 Å². The van der Waals surface area contributed by atoms with Crippen LogP contribution in [0.15, 0.2) is 24.3 Å². The second-order valence-electron chi connectivity index (χ2n) is 2.88. The lowest BCUT2D eigenvalue weighted by atomic mass is 10.2. The van der Waals surface area contributed by atoms with Crippen LogP contribution in [0.4, 0.5) is 5.69 Å². The number of anilines is 1. The van der Waals surface area contributed by atoms with Crippen molar-refractivity contribution in [2.45, 2.75) is 6.42 Å². The molecule has 0 saturated carbocycles. The zero-order chi connectivity index (χ0) is 9.90. The zero-order valence-corrected chi connectivity index (χ0v) is 7.95. The molecule has 13 heavy (non-hydrogen) atoms. The minimum atomic E-state index is -3.87. The third-order valence-electron chi connectivity index (χ3n) is 1.67. The SMILES string of the molecule is Nc1ccc(CCP(=O)(O)O)cc1. The van der Waals surface area contributed by atoms with Crippen LogP contribution in [-0.2, 0) is 11.0 Å². The molecule has 72 valence electrons. The number of nitrogens with two attached hydrogens (primary N) is 1. The molecular formula is C8H12NO3P. The number of benzene rings is 1. The van der Waals surface area contributed by atoms with Gasteiger partial charge in [0.25, 0.3) is 0 Å². The van der Waals surface area contributed by atoms with Gasteiger partial charge in [0.15, 0.2) is 0 Å². The van der Waals surface area contributed by atoms with E-state index in [1.54, 1.807) is 24.3 Å². The van der Waals surface area contributed by atoms with E-state index in [1.807, 2.05) is 0 Å². The average Bonchev–Trinajstić information content (AvgIpc) is 2.02. The maximum Gasteiger partial charge on any atom is 0.325 e. The van der Waals surface area contributed by atoms with Crippen LogP contribution in [0.25, 0.3) is 0 Å². The van der Waals surface area contributed by atoms with Gasteiger partial charge in [0.1, 0.15) is 0 Å². The van der Waals surface area contributed by atoms with Crippen LogP contribution in [0.3, 0.4) is 0 Å². The van der Waals surface area contributed by atoms with E-state index in [4.69, 9.17) is 15.5 Å². The molecule has 0 aliphatic rings. The largest absolute Gasteiger partial charge is 0.399 e. The van der Waals surface area contributed by atoms with Crippen molar-refractivity contribution in [1.82, 2.24) is 0 Å². The molecule has 0 heterocycles. The Bertz CT molecular complexity index is 317. The second-order valence-corrected chi connectivity index (χ2v) is 4.66. The second kappa shape index (κ2) is 3.92. The highest BCUT2D eigenvalue weighted by molar-refractivity contribution is 7.51. The molecule has 5 heteroatoms. The first-order chi connectivity index (χ1) is 5.97. The summed E-state index contributed by atoms with van der Waals surface area (Å²) in [6.45, 7) is 0. The molecule has 0 fully saturated rings. The van der Waals surface area contributed by atoms with E-state index in [0.717, 1.165) is 5.56 Å². The van der Waals surface area contributed by atoms with Crippen molar-refractivity contribution >= 4 is 13.3 Å². The van der Waals surface area contributed by atoms with Gasteiger partial charge in [-0.1, -0.05) is 12.1 Å². The molecule has 0 aromatic heterocycles. The summed E-state index contributed by atoms with van der Waals surface area (Å²) in [6, 6.07) is 6.97. The summed E-state index contributed by atoms with van der Waals surface area (Å²) in [6.07, 6.45) is 0.265. The number of nitrogen functional groups attached to an aromatic ring is 1. The summed E-state index contributed by atoms with van der Waals surface area (Å²) in [5.74, 6) is 0. The molecule has 0 radical (unpaired) electrons. The third-order valence-corrected chi connectivity index (χ3v) is 2.48. The maximum absolute atomic E-state index is 10.5. The maximum atomic E-state index is 10.5. The van der Waals surface area contributed by atoms with Gasteiger partial charge in [0, 0.05) is 5.69 Å². The van der Waals surface area contributed by atoms with E-state index in [0.29, 0.717) is 12.1 Å². The Morgan fingerprint density at radius 1 is 1.23 bits per heavy atom. The molecule has 4 nitrogen and oxygen atoms in total. The molecular weight excluding hydrogens is 189 g/mol. The molecule has 1 rings (SSSR count). The van der Waals surface area contributed by atoms with Crippen LogP contribution in [0.2, 0.25) is 0 Å². The summed E-state index contributed by atoms with van der Waals surface area (Å²) in [4.78, 5) is 17.2. The van der Waals surface area contributed by atoms with Crippen molar-refractivity contribution in [2.24, 2.45) is 0 Å². The van der Waals surface area contributed by atoms with Crippen LogP contribution in [0.5, 0.6) is 0 Å². The quantitative estimate of drug-likeness (QED) is 0.503. The fourth-order valence-electron chi connectivity index (χ4n) is 0.959. The zero-order valence-electron chi connectivity index (χ0n) is 7.05. The van der Waals surface area contributed by atoms with Crippen molar-refractivity contribution in [3.05, 3.63) is 29.8 Å². The standard InChI is InChI=1S/C8H12NO3P/c9-8-3-1-7(2-4-8)5-6-13(10,11)12/h1-4H,5-6,9H2,(H2,10,11,12). The van der Waals surface area contributed by atoms with E-state index < -0.39 is 7.60 Å². The molecule has 0 amide bonds. The van der Waals surface area contributed by atoms with Gasteiger partial charge in [-0.15, -0.1) is 0 Å². The normalized spacial score (nSPS) is 11.5. The smallest absolute Gasteiger partial charge is 0.325 e. The summed E-state index contributed by atoms with van der Waals surface area (Å²) in [5, 5.41) is 0. The Morgan fingerprint density at radius 2 is 1.77 bits per heavy atom. The number of hydrogen-bond donors (Lipinski definition) is 3. The van der Waals surface area contributed by atoms with E-state index in [1.165, 1.54) is 0 Å². The number of rotatable bonds is 3. The molecule has 0 saturated heterocycles.